The van der Waals surface area contributed by atoms with Crippen molar-refractivity contribution in [1.82, 2.24) is 10.2 Å². The van der Waals surface area contributed by atoms with Gasteiger partial charge in [0.1, 0.15) is 5.58 Å². The summed E-state index contributed by atoms with van der Waals surface area (Å²) in [5.74, 6) is -0.144. The van der Waals surface area contributed by atoms with Crippen LogP contribution in [-0.2, 0) is 4.74 Å². The van der Waals surface area contributed by atoms with Gasteiger partial charge in [-0.25, -0.2) is 4.79 Å². The summed E-state index contributed by atoms with van der Waals surface area (Å²) < 4.78 is 10.3. The molecule has 2 heterocycles. The predicted octanol–water partition coefficient (Wildman–Crippen LogP) is 0.812. The molecule has 0 saturated carbocycles. The lowest BCUT2D eigenvalue weighted by Crippen LogP contribution is -2.43. The molecule has 110 valence electrons. The molecule has 6 nitrogen and oxygen atoms in total. The Morgan fingerprint density at radius 1 is 1.19 bits per heavy atom. The number of hydrogen-bond donors (Lipinski definition) is 1. The van der Waals surface area contributed by atoms with Crippen molar-refractivity contribution in [3.8, 4) is 0 Å². The van der Waals surface area contributed by atoms with Gasteiger partial charge in [0, 0.05) is 30.1 Å². The van der Waals surface area contributed by atoms with E-state index in [1.165, 1.54) is 6.07 Å². The van der Waals surface area contributed by atoms with Crippen LogP contribution >= 0.6 is 0 Å². The summed E-state index contributed by atoms with van der Waals surface area (Å²) in [4.78, 5) is 25.4. The Labute approximate surface area is 121 Å². The predicted molar refractivity (Wildman–Crippen MR) is 77.2 cm³/mol. The van der Waals surface area contributed by atoms with Crippen molar-refractivity contribution in [3.63, 3.8) is 0 Å². The van der Waals surface area contributed by atoms with Crippen molar-refractivity contribution in [1.29, 1.82) is 0 Å². The number of ether oxygens (including phenoxy) is 1. The molecule has 1 aliphatic heterocycles. The van der Waals surface area contributed by atoms with Gasteiger partial charge in [-0.15, -0.1) is 0 Å². The summed E-state index contributed by atoms with van der Waals surface area (Å²) in [6.07, 6.45) is 0. The third kappa shape index (κ3) is 3.29. The third-order valence-corrected chi connectivity index (χ3v) is 3.45. The number of nitrogens with one attached hydrogen (secondary N) is 1. The smallest absolute Gasteiger partial charge is 0.336 e. The highest BCUT2D eigenvalue weighted by Crippen LogP contribution is 2.14. The summed E-state index contributed by atoms with van der Waals surface area (Å²) in [6.45, 7) is 3.55. The number of rotatable bonds is 3. The van der Waals surface area contributed by atoms with Crippen LogP contribution in [0.4, 0.5) is 0 Å². The van der Waals surface area contributed by atoms with Crippen molar-refractivity contribution in [3.05, 3.63) is 46.3 Å². The quantitative estimate of drug-likeness (QED) is 0.846. The van der Waals surface area contributed by atoms with Crippen LogP contribution in [0.2, 0.25) is 0 Å². The lowest BCUT2D eigenvalue weighted by Gasteiger charge is -2.26. The van der Waals surface area contributed by atoms with Crippen molar-refractivity contribution < 1.29 is 13.9 Å². The molecule has 0 atom stereocenters. The van der Waals surface area contributed by atoms with Crippen molar-refractivity contribution in [2.75, 3.05) is 33.0 Å². The van der Waals surface area contributed by atoms with Crippen LogP contribution in [0.1, 0.15) is 10.4 Å². The van der Waals surface area contributed by atoms with Gasteiger partial charge < -0.3 is 14.5 Å². The van der Waals surface area contributed by atoms with Gasteiger partial charge in [-0.1, -0.05) is 0 Å². The van der Waals surface area contributed by atoms with E-state index in [-0.39, 0.29) is 5.91 Å². The average Bonchev–Trinajstić information content (AvgIpc) is 2.53. The van der Waals surface area contributed by atoms with E-state index < -0.39 is 5.63 Å². The number of carbonyl (C=O) groups is 1. The maximum absolute atomic E-state index is 12.1. The minimum absolute atomic E-state index is 0.144. The first kappa shape index (κ1) is 13.8. The highest BCUT2D eigenvalue weighted by Gasteiger charge is 2.12. The van der Waals surface area contributed by atoms with Gasteiger partial charge in [0.2, 0.25) is 0 Å². The fourth-order valence-electron chi connectivity index (χ4n) is 2.26. The largest absolute Gasteiger partial charge is 0.423 e. The zero-order chi connectivity index (χ0) is 14.7. The van der Waals surface area contributed by atoms with E-state index in [0.29, 0.717) is 31.0 Å². The molecule has 0 unspecified atom stereocenters. The molecule has 0 radical (unpaired) electrons. The second-order valence-corrected chi connectivity index (χ2v) is 4.90. The summed E-state index contributed by atoms with van der Waals surface area (Å²) in [7, 11) is 0. The van der Waals surface area contributed by atoms with Gasteiger partial charge in [-0.3, -0.25) is 9.69 Å². The van der Waals surface area contributed by atoms with Gasteiger partial charge >= 0.3 is 5.63 Å². The van der Waals surface area contributed by atoms with Crippen LogP contribution in [0.3, 0.4) is 0 Å². The normalized spacial score (nSPS) is 16.0. The molecule has 2 aromatic rings. The lowest BCUT2D eigenvalue weighted by atomic mass is 10.1. The van der Waals surface area contributed by atoms with E-state index in [4.69, 9.17) is 9.15 Å². The average molecular weight is 288 g/mol. The maximum atomic E-state index is 12.1. The van der Waals surface area contributed by atoms with E-state index in [1.807, 2.05) is 0 Å². The van der Waals surface area contributed by atoms with Crippen molar-refractivity contribution in [2.24, 2.45) is 0 Å². The Balaban J connectivity index is 1.69. The van der Waals surface area contributed by atoms with Gasteiger partial charge in [-0.2, -0.15) is 0 Å². The molecule has 1 N–H and O–H groups in total. The fourth-order valence-corrected chi connectivity index (χ4v) is 2.26. The van der Waals surface area contributed by atoms with Crippen LogP contribution < -0.4 is 10.9 Å². The zero-order valence-corrected chi connectivity index (χ0v) is 11.5. The molecule has 0 bridgehead atoms. The highest BCUT2D eigenvalue weighted by molar-refractivity contribution is 5.97. The van der Waals surface area contributed by atoms with Crippen LogP contribution in [0.25, 0.3) is 11.0 Å². The van der Waals surface area contributed by atoms with E-state index in [9.17, 15) is 9.59 Å². The SMILES string of the molecule is O=C(NCN1CCOCC1)c1ccc2oc(=O)ccc2c1. The molecule has 6 heteroatoms. The number of morpholine rings is 1. The first-order valence-corrected chi connectivity index (χ1v) is 6.84. The Hall–Kier alpha value is -2.18. The number of carbonyl (C=O) groups excluding carboxylic acids is 1. The molecule has 1 aromatic heterocycles. The Morgan fingerprint density at radius 2 is 2.00 bits per heavy atom. The maximum Gasteiger partial charge on any atom is 0.336 e. The van der Waals surface area contributed by atoms with E-state index in [0.717, 1.165) is 18.5 Å². The van der Waals surface area contributed by atoms with Crippen LogP contribution in [-0.4, -0.2) is 43.8 Å². The third-order valence-electron chi connectivity index (χ3n) is 3.45. The zero-order valence-electron chi connectivity index (χ0n) is 11.5. The standard InChI is InChI=1S/C15H16N2O4/c18-14-4-2-11-9-12(1-3-13(11)21-14)15(19)16-10-17-5-7-20-8-6-17/h1-4,9H,5-8,10H2,(H,16,19). The van der Waals surface area contributed by atoms with Gasteiger partial charge in [0.15, 0.2) is 0 Å². The molecule has 1 aromatic carbocycles. The van der Waals surface area contributed by atoms with Gasteiger partial charge in [-0.05, 0) is 24.3 Å². The number of hydrogen-bond acceptors (Lipinski definition) is 5. The van der Waals surface area contributed by atoms with Crippen LogP contribution in [0.5, 0.6) is 0 Å². The molecule has 1 saturated heterocycles. The summed E-state index contributed by atoms with van der Waals surface area (Å²) in [5.41, 5.74) is 0.629. The molecule has 3 rings (SSSR count). The second-order valence-electron chi connectivity index (χ2n) is 4.90. The monoisotopic (exact) mass is 288 g/mol. The second kappa shape index (κ2) is 6.07. The molecule has 0 spiro atoms. The Kier molecular flexibility index (Phi) is 3.98. The van der Waals surface area contributed by atoms with Crippen LogP contribution in [0, 0.1) is 0 Å². The topological polar surface area (TPSA) is 71.8 Å². The number of nitrogens with zero attached hydrogens (tertiary/aromatic N) is 1. The van der Waals surface area contributed by atoms with E-state index in [1.54, 1.807) is 24.3 Å². The van der Waals surface area contributed by atoms with Gasteiger partial charge in [0.05, 0.1) is 19.9 Å². The molecule has 1 amide bonds. The Morgan fingerprint density at radius 3 is 2.81 bits per heavy atom. The highest BCUT2D eigenvalue weighted by atomic mass is 16.5. The first-order chi connectivity index (χ1) is 10.2. The molecule has 1 aliphatic rings. The summed E-state index contributed by atoms with van der Waals surface area (Å²) >= 11 is 0. The van der Waals surface area contributed by atoms with Crippen LogP contribution in [0.15, 0.2) is 39.5 Å². The Bertz CT molecular complexity index is 704. The number of benzene rings is 1. The number of fused-ring (bicyclic) bond motifs is 1. The van der Waals surface area contributed by atoms with Crippen molar-refractivity contribution >= 4 is 16.9 Å². The molecule has 21 heavy (non-hydrogen) atoms. The molecular weight excluding hydrogens is 272 g/mol. The first-order valence-electron chi connectivity index (χ1n) is 6.84. The van der Waals surface area contributed by atoms with E-state index in [2.05, 4.69) is 10.2 Å². The minimum atomic E-state index is -0.396. The number of amides is 1. The summed E-state index contributed by atoms with van der Waals surface area (Å²) in [5, 5.41) is 3.61. The lowest BCUT2D eigenvalue weighted by molar-refractivity contribution is 0.0334. The minimum Gasteiger partial charge on any atom is -0.423 e. The van der Waals surface area contributed by atoms with E-state index >= 15 is 0 Å². The fraction of sp³-hybridized carbons (Fsp3) is 0.333. The summed E-state index contributed by atoms with van der Waals surface area (Å²) in [6, 6.07) is 8.00. The molecule has 0 aliphatic carbocycles. The van der Waals surface area contributed by atoms with Gasteiger partial charge in [0.25, 0.3) is 5.91 Å². The molecule has 1 fully saturated rings. The molecular formula is C15H16N2O4. The van der Waals surface area contributed by atoms with Crippen molar-refractivity contribution in [2.45, 2.75) is 0 Å².